The van der Waals surface area contributed by atoms with Crippen LogP contribution in [0, 0.1) is 28.6 Å². The molecule has 0 aromatic carbocycles. The summed E-state index contributed by atoms with van der Waals surface area (Å²) in [6.07, 6.45) is 7.67. The van der Waals surface area contributed by atoms with Gasteiger partial charge in [0.1, 0.15) is 0 Å². The van der Waals surface area contributed by atoms with Gasteiger partial charge in [-0.05, 0) is 61.2 Å². The molecule has 1 aliphatic heterocycles. The van der Waals surface area contributed by atoms with Crippen molar-refractivity contribution in [2.75, 3.05) is 0 Å². The summed E-state index contributed by atoms with van der Waals surface area (Å²) in [6.45, 7) is 7.40. The molecule has 1 N–H and O–H groups in total. The van der Waals surface area contributed by atoms with Crippen molar-refractivity contribution in [3.8, 4) is 0 Å². The maximum atomic E-state index is 11.8. The van der Waals surface area contributed by atoms with Gasteiger partial charge in [0.15, 0.2) is 0 Å². The van der Waals surface area contributed by atoms with Crippen LogP contribution in [-0.4, -0.2) is 11.4 Å². The summed E-state index contributed by atoms with van der Waals surface area (Å²) in [4.78, 5) is 11.8. The van der Waals surface area contributed by atoms with Crippen molar-refractivity contribution in [2.24, 2.45) is 28.6 Å². The Morgan fingerprint density at radius 3 is 2.56 bits per heavy atom. The highest BCUT2D eigenvalue weighted by molar-refractivity contribution is 5.88. The van der Waals surface area contributed by atoms with Crippen molar-refractivity contribution in [2.45, 2.75) is 64.8 Å². The van der Waals surface area contributed by atoms with E-state index in [1.165, 1.54) is 32.1 Å². The topological polar surface area (TPSA) is 29.1 Å². The molecule has 4 aliphatic rings. The summed E-state index contributed by atoms with van der Waals surface area (Å²) in [6, 6.07) is 0. The van der Waals surface area contributed by atoms with Gasteiger partial charge in [0.25, 0.3) is 0 Å². The fourth-order valence-corrected chi connectivity index (χ4v) is 6.07. The summed E-state index contributed by atoms with van der Waals surface area (Å²) >= 11 is 0. The van der Waals surface area contributed by atoms with E-state index in [1.54, 1.807) is 0 Å². The first-order valence-electron chi connectivity index (χ1n) is 7.68. The molecule has 3 aliphatic carbocycles. The second-order valence-corrected chi connectivity index (χ2v) is 8.51. The minimum Gasteiger partial charge on any atom is -0.350 e. The molecule has 1 heterocycles. The first kappa shape index (κ1) is 11.3. The molecule has 0 radical (unpaired) electrons. The smallest absolute Gasteiger partial charge is 0.225 e. The van der Waals surface area contributed by atoms with Gasteiger partial charge in [-0.15, -0.1) is 0 Å². The lowest BCUT2D eigenvalue weighted by Crippen LogP contribution is -2.72. The van der Waals surface area contributed by atoms with Crippen LogP contribution in [0.2, 0.25) is 0 Å². The molecule has 0 aromatic heterocycles. The number of hydrogen-bond donors (Lipinski definition) is 1. The van der Waals surface area contributed by atoms with Crippen LogP contribution in [0.25, 0.3) is 0 Å². The van der Waals surface area contributed by atoms with E-state index in [0.29, 0.717) is 22.7 Å². The van der Waals surface area contributed by atoms with Gasteiger partial charge in [-0.25, -0.2) is 0 Å². The molecule has 0 aromatic rings. The SMILES string of the molecule is CC1(C)C[C@H]2[C@H]1CC[C@@]13C[C@]2(C)CC[C@H]1C(=O)N3. The van der Waals surface area contributed by atoms with Crippen molar-refractivity contribution in [1.29, 1.82) is 0 Å². The maximum Gasteiger partial charge on any atom is 0.225 e. The second kappa shape index (κ2) is 2.96. The molecule has 1 spiro atoms. The van der Waals surface area contributed by atoms with Crippen LogP contribution < -0.4 is 5.32 Å². The van der Waals surface area contributed by atoms with Gasteiger partial charge >= 0.3 is 0 Å². The van der Waals surface area contributed by atoms with E-state index in [2.05, 4.69) is 26.1 Å². The van der Waals surface area contributed by atoms with E-state index in [1.807, 2.05) is 0 Å². The average molecular weight is 247 g/mol. The molecule has 1 saturated heterocycles. The molecule has 4 fully saturated rings. The number of carbonyl (C=O) groups is 1. The summed E-state index contributed by atoms with van der Waals surface area (Å²) in [5.41, 5.74) is 1.25. The van der Waals surface area contributed by atoms with E-state index >= 15 is 0 Å². The Morgan fingerprint density at radius 2 is 1.89 bits per heavy atom. The van der Waals surface area contributed by atoms with Crippen molar-refractivity contribution >= 4 is 5.91 Å². The van der Waals surface area contributed by atoms with Crippen LogP contribution in [0.3, 0.4) is 0 Å². The minimum atomic E-state index is 0.206. The standard InChI is InChI=1S/C16H25NO/c1-14(2)8-12-10(14)5-7-16-9-15(12,3)6-4-11(16)13(18)17-16/h10-12H,4-9H2,1-3H3,(H,17,18)/t10-,11+,12+,15+,16-/m1/s1. The Kier molecular flexibility index (Phi) is 1.86. The van der Waals surface area contributed by atoms with Crippen molar-refractivity contribution in [3.63, 3.8) is 0 Å². The number of nitrogens with one attached hydrogen (secondary N) is 1. The van der Waals surface area contributed by atoms with E-state index < -0.39 is 0 Å². The van der Waals surface area contributed by atoms with E-state index in [-0.39, 0.29) is 5.54 Å². The van der Waals surface area contributed by atoms with Gasteiger partial charge in [0.2, 0.25) is 5.91 Å². The van der Waals surface area contributed by atoms with Crippen LogP contribution >= 0.6 is 0 Å². The minimum absolute atomic E-state index is 0.206. The lowest BCUT2D eigenvalue weighted by atomic mass is 9.45. The molecule has 1 amide bonds. The number of hydrogen-bond acceptors (Lipinski definition) is 1. The molecule has 3 saturated carbocycles. The normalized spacial score (nSPS) is 56.2. The first-order chi connectivity index (χ1) is 8.36. The van der Waals surface area contributed by atoms with Crippen molar-refractivity contribution < 1.29 is 4.79 Å². The lowest BCUT2D eigenvalue weighted by Gasteiger charge is -2.61. The fourth-order valence-electron chi connectivity index (χ4n) is 6.07. The van der Waals surface area contributed by atoms with Gasteiger partial charge in [-0.2, -0.15) is 0 Å². The Bertz CT molecular complexity index is 429. The van der Waals surface area contributed by atoms with E-state index in [4.69, 9.17) is 0 Å². The third-order valence-electron chi connectivity index (χ3n) is 7.11. The zero-order valence-electron chi connectivity index (χ0n) is 11.9. The second-order valence-electron chi connectivity index (χ2n) is 8.51. The lowest BCUT2D eigenvalue weighted by molar-refractivity contribution is -0.154. The molecular formula is C16H25NO. The van der Waals surface area contributed by atoms with Crippen LogP contribution in [0.1, 0.15) is 59.3 Å². The van der Waals surface area contributed by atoms with Crippen molar-refractivity contribution in [1.82, 2.24) is 5.32 Å². The third kappa shape index (κ3) is 1.13. The largest absolute Gasteiger partial charge is 0.350 e. The van der Waals surface area contributed by atoms with Gasteiger partial charge < -0.3 is 5.32 Å². The Labute approximate surface area is 110 Å². The number of fused-ring (bicyclic) bond motifs is 3. The van der Waals surface area contributed by atoms with Gasteiger partial charge in [-0.1, -0.05) is 20.8 Å². The van der Waals surface area contributed by atoms with Crippen molar-refractivity contribution in [3.05, 3.63) is 0 Å². The Balaban J connectivity index is 1.70. The Hall–Kier alpha value is -0.530. The molecule has 0 unspecified atom stereocenters. The third-order valence-corrected chi connectivity index (χ3v) is 7.11. The molecule has 5 atom stereocenters. The molecule has 2 heteroatoms. The van der Waals surface area contributed by atoms with Crippen LogP contribution in [0.15, 0.2) is 0 Å². The average Bonchev–Trinajstić information content (AvgIpc) is 2.33. The number of carbonyl (C=O) groups excluding carboxylic acids is 1. The zero-order valence-corrected chi connectivity index (χ0v) is 11.9. The van der Waals surface area contributed by atoms with Crippen LogP contribution in [0.5, 0.6) is 0 Å². The van der Waals surface area contributed by atoms with Crippen LogP contribution in [0.4, 0.5) is 0 Å². The number of rotatable bonds is 0. The zero-order chi connectivity index (χ0) is 12.8. The monoisotopic (exact) mass is 247 g/mol. The molecular weight excluding hydrogens is 222 g/mol. The van der Waals surface area contributed by atoms with Gasteiger partial charge in [0, 0.05) is 0 Å². The highest BCUT2D eigenvalue weighted by Gasteiger charge is 2.65. The van der Waals surface area contributed by atoms with Crippen LogP contribution in [-0.2, 0) is 4.79 Å². The highest BCUT2D eigenvalue weighted by Crippen LogP contribution is 2.68. The van der Waals surface area contributed by atoms with Gasteiger partial charge in [-0.3, -0.25) is 4.79 Å². The molecule has 18 heavy (non-hydrogen) atoms. The Morgan fingerprint density at radius 1 is 1.11 bits per heavy atom. The number of β-lactam (4-membered cyclic amide) rings is 1. The molecule has 2 nitrogen and oxygen atoms in total. The van der Waals surface area contributed by atoms with Gasteiger partial charge in [0.05, 0.1) is 11.5 Å². The predicted molar refractivity (Wildman–Crippen MR) is 70.9 cm³/mol. The first-order valence-corrected chi connectivity index (χ1v) is 7.68. The quantitative estimate of drug-likeness (QED) is 0.655. The summed E-state index contributed by atoms with van der Waals surface area (Å²) in [5, 5.41) is 3.31. The summed E-state index contributed by atoms with van der Waals surface area (Å²) in [5.74, 6) is 2.51. The molecule has 100 valence electrons. The number of amides is 1. The maximum absolute atomic E-state index is 11.8. The summed E-state index contributed by atoms with van der Waals surface area (Å²) < 4.78 is 0. The van der Waals surface area contributed by atoms with E-state index in [0.717, 1.165) is 18.3 Å². The fraction of sp³-hybridized carbons (Fsp3) is 0.938. The van der Waals surface area contributed by atoms with E-state index in [9.17, 15) is 4.79 Å². The summed E-state index contributed by atoms with van der Waals surface area (Å²) in [7, 11) is 0. The highest BCUT2D eigenvalue weighted by atomic mass is 16.2. The predicted octanol–water partition coefficient (Wildman–Crippen LogP) is 3.12. The molecule has 2 bridgehead atoms. The molecule has 4 rings (SSSR count).